The number of methoxy groups -OCH3 is 1. The molecule has 1 aliphatic heterocycles. The Labute approximate surface area is 218 Å². The molecule has 2 N–H and O–H groups in total. The maximum absolute atomic E-state index is 14.3. The maximum Gasteiger partial charge on any atom is 0.250 e. The van der Waals surface area contributed by atoms with E-state index in [0.29, 0.717) is 22.7 Å². The third-order valence-corrected chi connectivity index (χ3v) is 7.52. The fraction of sp³-hybridized carbons (Fsp3) is 0.167. The first-order chi connectivity index (χ1) is 18.3. The Morgan fingerprint density at radius 2 is 1.79 bits per heavy atom. The molecular weight excluding hydrogens is 483 g/mol. The zero-order valence-electron chi connectivity index (χ0n) is 21.2. The standard InChI is InChI=1S/C30H25FN4O3/c1-4-34-22-8-6-5-7-19(22)20-15-21(33-16-24(20)34)28(36)30(2)26-23(13-14-25(38-3)27(26)32)35(29(30)37)18-11-9-17(31)10-12-18/h5-16H,4,32H2,1-3H3/t30-/m0/s1. The number of benzene rings is 3. The Hall–Kier alpha value is -4.72. The Morgan fingerprint density at radius 1 is 1.05 bits per heavy atom. The van der Waals surface area contributed by atoms with Gasteiger partial charge in [0.25, 0.3) is 0 Å². The minimum Gasteiger partial charge on any atom is -0.495 e. The van der Waals surface area contributed by atoms with Gasteiger partial charge in [-0.2, -0.15) is 0 Å². The number of ketones is 1. The van der Waals surface area contributed by atoms with Crippen LogP contribution in [0.25, 0.3) is 21.8 Å². The molecule has 5 aromatic rings. The highest BCUT2D eigenvalue weighted by Crippen LogP contribution is 2.52. The van der Waals surface area contributed by atoms with Crippen LogP contribution >= 0.6 is 0 Å². The van der Waals surface area contributed by atoms with Crippen LogP contribution in [0.15, 0.2) is 72.9 Å². The highest BCUT2D eigenvalue weighted by Gasteiger charge is 2.55. The van der Waals surface area contributed by atoms with E-state index >= 15 is 0 Å². The highest BCUT2D eigenvalue weighted by atomic mass is 19.1. The third kappa shape index (κ3) is 3.09. The molecule has 1 atom stereocenters. The van der Waals surface area contributed by atoms with Crippen molar-refractivity contribution in [2.45, 2.75) is 25.8 Å². The number of fused-ring (bicyclic) bond motifs is 4. The number of amides is 1. The summed E-state index contributed by atoms with van der Waals surface area (Å²) in [5.41, 5.74) is 8.33. The zero-order chi connectivity index (χ0) is 26.8. The molecule has 6 rings (SSSR count). The van der Waals surface area contributed by atoms with Gasteiger partial charge in [-0.1, -0.05) is 18.2 Å². The number of anilines is 3. The Balaban J connectivity index is 1.57. The predicted molar refractivity (Wildman–Crippen MR) is 146 cm³/mol. The van der Waals surface area contributed by atoms with Crippen LogP contribution in [0.2, 0.25) is 0 Å². The molecule has 0 fully saturated rings. The van der Waals surface area contributed by atoms with Gasteiger partial charge in [-0.15, -0.1) is 0 Å². The number of ether oxygens (including phenoxy) is 1. The molecule has 8 heteroatoms. The molecule has 1 amide bonds. The SMILES string of the molecule is CCn1c2ccccc2c2cc(C(=O)[C@@]3(C)C(=O)N(c4ccc(F)cc4)c4ccc(OC)c(N)c43)ncc21. The van der Waals surface area contributed by atoms with Gasteiger partial charge in [-0.3, -0.25) is 19.5 Å². The van der Waals surface area contributed by atoms with Crippen molar-refractivity contribution in [1.29, 1.82) is 0 Å². The van der Waals surface area contributed by atoms with Crippen LogP contribution in [0.1, 0.15) is 29.9 Å². The van der Waals surface area contributed by atoms with Crippen LogP contribution in [0, 0.1) is 5.82 Å². The van der Waals surface area contributed by atoms with E-state index in [1.54, 1.807) is 31.3 Å². The van der Waals surface area contributed by atoms with Crippen molar-refractivity contribution < 1.29 is 18.7 Å². The molecule has 2 aromatic heterocycles. The fourth-order valence-electron chi connectivity index (χ4n) is 5.64. The number of aromatic nitrogens is 2. The van der Waals surface area contributed by atoms with Crippen LogP contribution in [0.5, 0.6) is 5.75 Å². The fourth-order valence-corrected chi connectivity index (χ4v) is 5.64. The number of carbonyl (C=O) groups is 2. The first-order valence-corrected chi connectivity index (χ1v) is 12.3. The molecule has 1 aliphatic rings. The average Bonchev–Trinajstić information content (AvgIpc) is 3.38. The molecular formula is C30H25FN4O3. The zero-order valence-corrected chi connectivity index (χ0v) is 21.2. The number of nitrogens with two attached hydrogens (primary N) is 1. The summed E-state index contributed by atoms with van der Waals surface area (Å²) in [5, 5.41) is 1.88. The number of rotatable bonds is 5. The number of hydrogen-bond acceptors (Lipinski definition) is 5. The van der Waals surface area contributed by atoms with Gasteiger partial charge in [-0.05, 0) is 62.4 Å². The van der Waals surface area contributed by atoms with Gasteiger partial charge in [0.2, 0.25) is 11.7 Å². The van der Waals surface area contributed by atoms with Gasteiger partial charge in [0, 0.05) is 34.1 Å². The normalized spacial score (nSPS) is 16.8. The van der Waals surface area contributed by atoms with Crippen LogP contribution in [-0.4, -0.2) is 28.4 Å². The summed E-state index contributed by atoms with van der Waals surface area (Å²) < 4.78 is 21.3. The number of aryl methyl sites for hydroxylation is 1. The molecule has 7 nitrogen and oxygen atoms in total. The van der Waals surface area contributed by atoms with E-state index in [4.69, 9.17) is 10.5 Å². The maximum atomic E-state index is 14.3. The Kier molecular flexibility index (Phi) is 5.24. The van der Waals surface area contributed by atoms with Gasteiger partial charge < -0.3 is 15.0 Å². The lowest BCUT2D eigenvalue weighted by molar-refractivity contribution is -0.120. The van der Waals surface area contributed by atoms with Gasteiger partial charge in [0.1, 0.15) is 22.7 Å². The molecule has 0 saturated carbocycles. The molecule has 0 radical (unpaired) electrons. The highest BCUT2D eigenvalue weighted by molar-refractivity contribution is 6.29. The van der Waals surface area contributed by atoms with Gasteiger partial charge in [0.05, 0.1) is 30.2 Å². The molecule has 0 unspecified atom stereocenters. The Bertz CT molecular complexity index is 1780. The van der Waals surface area contributed by atoms with Gasteiger partial charge >= 0.3 is 0 Å². The average molecular weight is 509 g/mol. The number of carbonyl (C=O) groups excluding carboxylic acids is 2. The number of hydrogen-bond donors (Lipinski definition) is 1. The van der Waals surface area contributed by atoms with Crippen molar-refractivity contribution in [2.75, 3.05) is 17.7 Å². The number of nitrogen functional groups attached to an aromatic ring is 1. The summed E-state index contributed by atoms with van der Waals surface area (Å²) in [6.07, 6.45) is 1.68. The minimum absolute atomic E-state index is 0.154. The molecule has 3 aromatic carbocycles. The molecule has 0 saturated heterocycles. The minimum atomic E-state index is -1.69. The Morgan fingerprint density at radius 3 is 2.50 bits per heavy atom. The van der Waals surface area contributed by atoms with E-state index in [9.17, 15) is 14.0 Å². The second-order valence-electron chi connectivity index (χ2n) is 9.49. The number of halogens is 1. The lowest BCUT2D eigenvalue weighted by Crippen LogP contribution is -2.43. The van der Waals surface area contributed by atoms with Gasteiger partial charge in [0.15, 0.2) is 0 Å². The summed E-state index contributed by atoms with van der Waals surface area (Å²) >= 11 is 0. The van der Waals surface area contributed by atoms with E-state index in [1.165, 1.54) is 36.3 Å². The van der Waals surface area contributed by atoms with E-state index in [-0.39, 0.29) is 11.4 Å². The van der Waals surface area contributed by atoms with Crippen LogP contribution in [0.4, 0.5) is 21.5 Å². The van der Waals surface area contributed by atoms with Crippen molar-refractivity contribution in [3.05, 3.63) is 90.0 Å². The quantitative estimate of drug-likeness (QED) is 0.185. The summed E-state index contributed by atoms with van der Waals surface area (Å²) in [5.74, 6) is -1.06. The van der Waals surface area contributed by atoms with E-state index in [2.05, 4.69) is 16.5 Å². The van der Waals surface area contributed by atoms with Crippen LogP contribution in [0.3, 0.4) is 0 Å². The summed E-state index contributed by atoms with van der Waals surface area (Å²) in [7, 11) is 1.48. The van der Waals surface area contributed by atoms with E-state index < -0.39 is 22.9 Å². The molecule has 3 heterocycles. The lowest BCUT2D eigenvalue weighted by Gasteiger charge is -2.24. The number of pyridine rings is 1. The largest absolute Gasteiger partial charge is 0.495 e. The topological polar surface area (TPSA) is 90.5 Å². The second kappa shape index (κ2) is 8.41. The summed E-state index contributed by atoms with van der Waals surface area (Å²) in [6.45, 7) is 4.36. The first kappa shape index (κ1) is 23.7. The monoisotopic (exact) mass is 508 g/mol. The lowest BCUT2D eigenvalue weighted by atomic mass is 9.77. The van der Waals surface area contributed by atoms with Crippen LogP contribution < -0.4 is 15.4 Å². The molecule has 0 bridgehead atoms. The van der Waals surface area contributed by atoms with Crippen molar-refractivity contribution in [3.8, 4) is 5.75 Å². The smallest absolute Gasteiger partial charge is 0.250 e. The number of Topliss-reactive ketones (excluding diaryl/α,β-unsaturated/α-hetero) is 1. The van der Waals surface area contributed by atoms with Crippen molar-refractivity contribution in [2.24, 2.45) is 0 Å². The molecule has 38 heavy (non-hydrogen) atoms. The van der Waals surface area contributed by atoms with Crippen molar-refractivity contribution >= 4 is 50.6 Å². The van der Waals surface area contributed by atoms with Gasteiger partial charge in [-0.25, -0.2) is 4.39 Å². The first-order valence-electron chi connectivity index (χ1n) is 12.3. The molecule has 0 spiro atoms. The third-order valence-electron chi connectivity index (χ3n) is 7.52. The van der Waals surface area contributed by atoms with E-state index in [0.717, 1.165) is 28.4 Å². The molecule has 0 aliphatic carbocycles. The van der Waals surface area contributed by atoms with Crippen molar-refractivity contribution in [1.82, 2.24) is 9.55 Å². The second-order valence-corrected chi connectivity index (χ2v) is 9.49. The summed E-state index contributed by atoms with van der Waals surface area (Å²) in [6, 6.07) is 18.6. The summed E-state index contributed by atoms with van der Waals surface area (Å²) in [4.78, 5) is 34.4. The molecule has 190 valence electrons. The van der Waals surface area contributed by atoms with Crippen molar-refractivity contribution in [3.63, 3.8) is 0 Å². The van der Waals surface area contributed by atoms with E-state index in [1.807, 2.05) is 24.3 Å². The number of para-hydroxylation sites is 1. The predicted octanol–water partition coefficient (Wildman–Crippen LogP) is 5.76. The van der Waals surface area contributed by atoms with Crippen LogP contribution in [-0.2, 0) is 16.8 Å². The number of nitrogens with zero attached hydrogens (tertiary/aromatic N) is 3.